The minimum absolute atomic E-state index is 0.0314. The molecule has 1 aliphatic rings. The van der Waals surface area contributed by atoms with Crippen molar-refractivity contribution in [2.75, 3.05) is 13.2 Å². The van der Waals surface area contributed by atoms with Gasteiger partial charge in [0.2, 0.25) is 0 Å². The summed E-state index contributed by atoms with van der Waals surface area (Å²) in [5.41, 5.74) is 2.65. The molecule has 0 saturated heterocycles. The molecule has 134 valence electrons. The number of hydrogen-bond donors (Lipinski definition) is 0. The van der Waals surface area contributed by atoms with Crippen LogP contribution < -0.4 is 0 Å². The van der Waals surface area contributed by atoms with Crippen molar-refractivity contribution in [1.82, 2.24) is 19.4 Å². The number of imidazole rings is 1. The SMILES string of the molecule is CCOCc1cnc2n1CCN(C(=O)c1ccc3ncccc3c1)[C@@H]2C. The zero-order valence-electron chi connectivity index (χ0n) is 15.1. The van der Waals surface area contributed by atoms with Crippen molar-refractivity contribution >= 4 is 16.8 Å². The lowest BCUT2D eigenvalue weighted by Crippen LogP contribution is -2.41. The molecule has 0 fully saturated rings. The second kappa shape index (κ2) is 6.88. The van der Waals surface area contributed by atoms with Crippen molar-refractivity contribution in [3.8, 4) is 0 Å². The van der Waals surface area contributed by atoms with Gasteiger partial charge in [0.15, 0.2) is 0 Å². The molecule has 0 saturated carbocycles. The maximum atomic E-state index is 13.1. The third-order valence-corrected chi connectivity index (χ3v) is 4.94. The molecular weight excluding hydrogens is 328 g/mol. The molecule has 3 aromatic rings. The van der Waals surface area contributed by atoms with Gasteiger partial charge in [-0.25, -0.2) is 4.98 Å². The fraction of sp³-hybridized carbons (Fsp3) is 0.350. The summed E-state index contributed by atoms with van der Waals surface area (Å²) in [7, 11) is 0. The van der Waals surface area contributed by atoms with Crippen molar-refractivity contribution < 1.29 is 9.53 Å². The Bertz CT molecular complexity index is 950. The molecule has 6 nitrogen and oxygen atoms in total. The summed E-state index contributed by atoms with van der Waals surface area (Å²) < 4.78 is 7.69. The first-order valence-corrected chi connectivity index (χ1v) is 8.97. The Kier molecular flexibility index (Phi) is 4.42. The predicted molar refractivity (Wildman–Crippen MR) is 98.8 cm³/mol. The predicted octanol–water partition coefficient (Wildman–Crippen LogP) is 3.18. The number of benzene rings is 1. The molecule has 1 aromatic carbocycles. The maximum Gasteiger partial charge on any atom is 0.254 e. The number of ether oxygens (including phenoxy) is 1. The summed E-state index contributed by atoms with van der Waals surface area (Å²) in [5, 5.41) is 0.975. The van der Waals surface area contributed by atoms with Crippen LogP contribution >= 0.6 is 0 Å². The molecule has 4 rings (SSSR count). The van der Waals surface area contributed by atoms with E-state index in [-0.39, 0.29) is 11.9 Å². The van der Waals surface area contributed by atoms with Crippen LogP contribution in [0.25, 0.3) is 10.9 Å². The monoisotopic (exact) mass is 350 g/mol. The first-order chi connectivity index (χ1) is 12.7. The van der Waals surface area contributed by atoms with Gasteiger partial charge in [-0.05, 0) is 38.1 Å². The normalized spacial score (nSPS) is 16.7. The number of pyridine rings is 1. The van der Waals surface area contributed by atoms with Crippen LogP contribution in [-0.4, -0.2) is 38.5 Å². The van der Waals surface area contributed by atoms with Gasteiger partial charge in [0, 0.05) is 36.8 Å². The van der Waals surface area contributed by atoms with E-state index in [2.05, 4.69) is 14.5 Å². The Morgan fingerprint density at radius 3 is 3.00 bits per heavy atom. The first-order valence-electron chi connectivity index (χ1n) is 8.97. The lowest BCUT2D eigenvalue weighted by molar-refractivity contribution is 0.0630. The quantitative estimate of drug-likeness (QED) is 0.725. The average Bonchev–Trinajstić information content (AvgIpc) is 3.09. The van der Waals surface area contributed by atoms with Crippen LogP contribution in [0, 0.1) is 0 Å². The third-order valence-electron chi connectivity index (χ3n) is 4.94. The number of hydrogen-bond acceptors (Lipinski definition) is 4. The lowest BCUT2D eigenvalue weighted by atomic mass is 10.1. The second-order valence-electron chi connectivity index (χ2n) is 6.48. The zero-order chi connectivity index (χ0) is 18.1. The van der Waals surface area contributed by atoms with Gasteiger partial charge in [-0.3, -0.25) is 9.78 Å². The molecule has 1 atom stereocenters. The van der Waals surface area contributed by atoms with Gasteiger partial charge in [-0.1, -0.05) is 6.07 Å². The summed E-state index contributed by atoms with van der Waals surface area (Å²) in [6, 6.07) is 9.46. The molecule has 0 N–H and O–H groups in total. The smallest absolute Gasteiger partial charge is 0.254 e. The van der Waals surface area contributed by atoms with E-state index in [1.807, 2.05) is 55.3 Å². The van der Waals surface area contributed by atoms with Crippen LogP contribution in [0.15, 0.2) is 42.7 Å². The maximum absolute atomic E-state index is 13.1. The van der Waals surface area contributed by atoms with Crippen LogP contribution in [-0.2, 0) is 17.9 Å². The van der Waals surface area contributed by atoms with Crippen molar-refractivity contribution in [3.05, 3.63) is 59.8 Å². The highest BCUT2D eigenvalue weighted by molar-refractivity contribution is 5.98. The summed E-state index contributed by atoms with van der Waals surface area (Å²) in [6.45, 7) is 6.65. The highest BCUT2D eigenvalue weighted by Gasteiger charge is 2.30. The fourth-order valence-corrected chi connectivity index (χ4v) is 3.53. The number of aromatic nitrogens is 3. The summed E-state index contributed by atoms with van der Waals surface area (Å²) in [6.07, 6.45) is 3.62. The van der Waals surface area contributed by atoms with E-state index >= 15 is 0 Å². The summed E-state index contributed by atoms with van der Waals surface area (Å²) in [5.74, 6) is 0.950. The highest BCUT2D eigenvalue weighted by atomic mass is 16.5. The molecule has 0 aliphatic carbocycles. The van der Waals surface area contributed by atoms with Crippen LogP contribution in [0.1, 0.15) is 41.8 Å². The largest absolute Gasteiger partial charge is 0.375 e. The Morgan fingerprint density at radius 1 is 1.27 bits per heavy atom. The van der Waals surface area contributed by atoms with Crippen LogP contribution in [0.2, 0.25) is 0 Å². The van der Waals surface area contributed by atoms with E-state index in [4.69, 9.17) is 4.74 Å². The molecule has 1 amide bonds. The molecule has 2 aromatic heterocycles. The molecule has 3 heterocycles. The standard InChI is InChI=1S/C20H22N4O2/c1-3-26-13-17-12-22-19-14(2)23(9-10-24(17)19)20(25)16-6-7-18-15(11-16)5-4-8-21-18/h4-8,11-12,14H,3,9-10,13H2,1-2H3/t14-/m1/s1. The summed E-state index contributed by atoms with van der Waals surface area (Å²) >= 11 is 0. The molecule has 0 radical (unpaired) electrons. The number of rotatable bonds is 4. The van der Waals surface area contributed by atoms with Gasteiger partial charge in [-0.15, -0.1) is 0 Å². The molecule has 26 heavy (non-hydrogen) atoms. The Morgan fingerprint density at radius 2 is 2.15 bits per heavy atom. The number of fused-ring (bicyclic) bond motifs is 2. The van der Waals surface area contributed by atoms with Crippen molar-refractivity contribution in [3.63, 3.8) is 0 Å². The lowest BCUT2D eigenvalue weighted by Gasteiger charge is -2.34. The van der Waals surface area contributed by atoms with Gasteiger partial charge in [0.1, 0.15) is 5.82 Å². The first kappa shape index (κ1) is 16.7. The highest BCUT2D eigenvalue weighted by Crippen LogP contribution is 2.27. The average molecular weight is 350 g/mol. The number of carbonyl (C=O) groups is 1. The molecule has 6 heteroatoms. The summed E-state index contributed by atoms with van der Waals surface area (Å²) in [4.78, 5) is 23.8. The van der Waals surface area contributed by atoms with E-state index in [1.165, 1.54) is 0 Å². The zero-order valence-corrected chi connectivity index (χ0v) is 15.1. The van der Waals surface area contributed by atoms with Crippen molar-refractivity contribution in [2.24, 2.45) is 0 Å². The fourth-order valence-electron chi connectivity index (χ4n) is 3.53. The molecule has 1 aliphatic heterocycles. The van der Waals surface area contributed by atoms with Gasteiger partial charge in [0.05, 0.1) is 30.1 Å². The third kappa shape index (κ3) is 2.86. The van der Waals surface area contributed by atoms with Crippen LogP contribution in [0.4, 0.5) is 0 Å². The van der Waals surface area contributed by atoms with Crippen molar-refractivity contribution in [2.45, 2.75) is 33.0 Å². The molecule has 0 bridgehead atoms. The molecular formula is C20H22N4O2. The van der Waals surface area contributed by atoms with Gasteiger partial charge >= 0.3 is 0 Å². The minimum Gasteiger partial charge on any atom is -0.375 e. The van der Waals surface area contributed by atoms with Gasteiger partial charge in [0.25, 0.3) is 5.91 Å². The molecule has 0 unspecified atom stereocenters. The Balaban J connectivity index is 1.59. The van der Waals surface area contributed by atoms with E-state index in [9.17, 15) is 4.79 Å². The van der Waals surface area contributed by atoms with E-state index in [1.54, 1.807) is 6.20 Å². The van der Waals surface area contributed by atoms with E-state index in [0.717, 1.165) is 29.0 Å². The van der Waals surface area contributed by atoms with Gasteiger partial charge < -0.3 is 14.2 Å². The Labute approximate surface area is 152 Å². The van der Waals surface area contributed by atoms with E-state index in [0.29, 0.717) is 25.3 Å². The van der Waals surface area contributed by atoms with Crippen molar-refractivity contribution in [1.29, 1.82) is 0 Å². The number of carbonyl (C=O) groups excluding carboxylic acids is 1. The van der Waals surface area contributed by atoms with Crippen LogP contribution in [0.3, 0.4) is 0 Å². The number of nitrogens with zero attached hydrogens (tertiary/aromatic N) is 4. The molecule has 0 spiro atoms. The number of amides is 1. The van der Waals surface area contributed by atoms with Gasteiger partial charge in [-0.2, -0.15) is 0 Å². The topological polar surface area (TPSA) is 60.2 Å². The Hall–Kier alpha value is -2.73. The van der Waals surface area contributed by atoms with Crippen LogP contribution in [0.5, 0.6) is 0 Å². The minimum atomic E-state index is -0.0729. The second-order valence-corrected chi connectivity index (χ2v) is 6.48. The van der Waals surface area contributed by atoms with E-state index < -0.39 is 0 Å².